The van der Waals surface area contributed by atoms with E-state index in [4.69, 9.17) is 9.83 Å². The second-order valence-corrected chi connectivity index (χ2v) is 7.49. The minimum atomic E-state index is -1.30. The van der Waals surface area contributed by atoms with Crippen LogP contribution in [0.25, 0.3) is 6.08 Å². The van der Waals surface area contributed by atoms with Crippen molar-refractivity contribution in [1.82, 2.24) is 10.3 Å². The van der Waals surface area contributed by atoms with Crippen molar-refractivity contribution in [3.63, 3.8) is 0 Å². The molecule has 3 aromatic rings. The predicted molar refractivity (Wildman–Crippen MR) is 108 cm³/mol. The van der Waals surface area contributed by atoms with Gasteiger partial charge in [-0.25, -0.2) is 4.21 Å². The summed E-state index contributed by atoms with van der Waals surface area (Å²) in [6.45, 7) is 5.80. The van der Waals surface area contributed by atoms with Crippen LogP contribution in [-0.4, -0.2) is 21.3 Å². The Morgan fingerprint density at radius 1 is 1.25 bits per heavy atom. The van der Waals surface area contributed by atoms with Crippen LogP contribution in [0.2, 0.25) is 0 Å². The van der Waals surface area contributed by atoms with Crippen LogP contribution >= 0.6 is 0 Å². The number of hydrogen-bond donors (Lipinski definition) is 2. The third kappa shape index (κ3) is 4.32. The van der Waals surface area contributed by atoms with Crippen LogP contribution in [0.5, 0.6) is 0 Å². The van der Waals surface area contributed by atoms with Crippen molar-refractivity contribution in [3.05, 3.63) is 83.6 Å². The molecule has 0 saturated carbocycles. The molecule has 6 nitrogen and oxygen atoms in total. The molecule has 2 aromatic heterocycles. The molecule has 1 atom stereocenters. The lowest BCUT2D eigenvalue weighted by atomic mass is 10.2. The Morgan fingerprint density at radius 3 is 2.54 bits per heavy atom. The quantitative estimate of drug-likeness (QED) is 0.598. The zero-order valence-electron chi connectivity index (χ0n) is 15.3. The van der Waals surface area contributed by atoms with Crippen molar-refractivity contribution in [2.75, 3.05) is 0 Å². The van der Waals surface area contributed by atoms with Gasteiger partial charge in [0, 0.05) is 28.9 Å². The van der Waals surface area contributed by atoms with Crippen LogP contribution in [-0.2, 0) is 17.3 Å². The van der Waals surface area contributed by atoms with Gasteiger partial charge in [-0.05, 0) is 42.8 Å². The molecule has 1 aromatic carbocycles. The van der Waals surface area contributed by atoms with Crippen LogP contribution < -0.4 is 5.32 Å². The third-order valence-electron chi connectivity index (χ3n) is 4.05. The molecule has 28 heavy (non-hydrogen) atoms. The molecule has 142 valence electrons. The second kappa shape index (κ2) is 8.58. The van der Waals surface area contributed by atoms with Gasteiger partial charge in [-0.2, -0.15) is 0 Å². The van der Waals surface area contributed by atoms with Gasteiger partial charge in [-0.1, -0.05) is 24.8 Å². The van der Waals surface area contributed by atoms with E-state index in [9.17, 15) is 9.00 Å². The van der Waals surface area contributed by atoms with E-state index in [0.717, 1.165) is 17.5 Å². The minimum Gasteiger partial charge on any atom is -0.449 e. The molecule has 0 fully saturated rings. The Morgan fingerprint density at radius 2 is 1.96 bits per heavy atom. The molecule has 1 unspecified atom stereocenters. The van der Waals surface area contributed by atoms with Gasteiger partial charge in [-0.15, -0.1) is 0 Å². The van der Waals surface area contributed by atoms with Crippen molar-refractivity contribution < 1.29 is 13.4 Å². The highest BCUT2D eigenvalue weighted by molar-refractivity contribution is 7.85. The molecular formula is C21H19N3O3S. The lowest BCUT2D eigenvalue weighted by Crippen LogP contribution is -2.22. The summed E-state index contributed by atoms with van der Waals surface area (Å²) in [7, 11) is -1.30. The fourth-order valence-corrected chi connectivity index (χ4v) is 3.50. The number of nitrogens with one attached hydrogen (secondary N) is 2. The maximum atomic E-state index is 12.6. The van der Waals surface area contributed by atoms with Crippen molar-refractivity contribution in [1.29, 1.82) is 5.41 Å². The fourth-order valence-electron chi connectivity index (χ4n) is 2.50. The predicted octanol–water partition coefficient (Wildman–Crippen LogP) is 3.72. The summed E-state index contributed by atoms with van der Waals surface area (Å²) in [4.78, 5) is 17.7. The normalized spacial score (nSPS) is 11.6. The van der Waals surface area contributed by atoms with E-state index in [2.05, 4.69) is 16.9 Å². The van der Waals surface area contributed by atoms with Crippen LogP contribution in [0.4, 0.5) is 0 Å². The van der Waals surface area contributed by atoms with E-state index in [0.29, 0.717) is 21.9 Å². The van der Waals surface area contributed by atoms with Gasteiger partial charge in [0.15, 0.2) is 11.5 Å². The van der Waals surface area contributed by atoms with Crippen molar-refractivity contribution in [2.24, 2.45) is 0 Å². The molecule has 0 spiro atoms. The topological polar surface area (TPSA) is 96.1 Å². The number of carbonyl (C=O) groups is 1. The Bertz CT molecular complexity index is 1010. The van der Waals surface area contributed by atoms with Crippen molar-refractivity contribution >= 4 is 29.0 Å². The second-order valence-electron chi connectivity index (χ2n) is 6.01. The van der Waals surface area contributed by atoms with Gasteiger partial charge in [-0.3, -0.25) is 9.78 Å². The lowest BCUT2D eigenvalue weighted by molar-refractivity contribution is 0.0923. The van der Waals surface area contributed by atoms with Gasteiger partial charge in [0.1, 0.15) is 0 Å². The van der Waals surface area contributed by atoms with E-state index in [1.54, 1.807) is 30.5 Å². The summed E-state index contributed by atoms with van der Waals surface area (Å²) < 4.78 is 17.9. The van der Waals surface area contributed by atoms with Gasteiger partial charge in [0.25, 0.3) is 5.91 Å². The first kappa shape index (κ1) is 19.4. The number of hydrogen-bond acceptors (Lipinski definition) is 5. The summed E-state index contributed by atoms with van der Waals surface area (Å²) in [5.41, 5.74) is 2.33. The number of pyridine rings is 1. The summed E-state index contributed by atoms with van der Waals surface area (Å²) in [6.07, 6.45) is 4.18. The Labute approximate surface area is 165 Å². The minimum absolute atomic E-state index is 0.123. The molecule has 3 rings (SSSR count). The Kier molecular flexibility index (Phi) is 5.96. The maximum absolute atomic E-state index is 12.6. The van der Waals surface area contributed by atoms with Crippen LogP contribution in [0, 0.1) is 12.3 Å². The maximum Gasteiger partial charge on any atom is 0.287 e. The number of carbonyl (C=O) groups excluding carboxylic acids is 1. The summed E-state index contributed by atoms with van der Waals surface area (Å²) >= 11 is 0. The van der Waals surface area contributed by atoms with E-state index in [1.807, 2.05) is 25.1 Å². The third-order valence-corrected chi connectivity index (χ3v) is 5.42. The molecule has 2 N–H and O–H groups in total. The number of rotatable bonds is 7. The molecule has 0 aliphatic rings. The smallest absolute Gasteiger partial charge is 0.287 e. The molecule has 2 heterocycles. The molecule has 1 amide bonds. The van der Waals surface area contributed by atoms with Crippen LogP contribution in [0.1, 0.15) is 33.1 Å². The standard InChI is InChI=1S/C21H19N3O3S/c1-3-16-10-19(27-20(16)11-22)21(25)24-12-15-5-8-17(9-6-15)28(26)18-7-4-14(2)23-13-18/h3-11,13,22H,1,12H2,2H3,(H,24,25). The van der Waals surface area contributed by atoms with Crippen molar-refractivity contribution in [3.8, 4) is 0 Å². The molecule has 0 aliphatic carbocycles. The van der Waals surface area contributed by atoms with E-state index in [1.165, 1.54) is 6.08 Å². The fraction of sp³-hybridized carbons (Fsp3) is 0.0952. The number of aromatic nitrogens is 1. The molecule has 7 heteroatoms. The largest absolute Gasteiger partial charge is 0.449 e. The summed E-state index contributed by atoms with van der Waals surface area (Å²) in [5, 5.41) is 10.0. The van der Waals surface area contributed by atoms with Gasteiger partial charge < -0.3 is 15.1 Å². The summed E-state index contributed by atoms with van der Waals surface area (Å²) in [5.74, 6) is 0.0326. The zero-order valence-corrected chi connectivity index (χ0v) is 16.1. The van der Waals surface area contributed by atoms with Crippen LogP contribution in [0.15, 0.2) is 69.4 Å². The van der Waals surface area contributed by atoms with E-state index < -0.39 is 10.8 Å². The molecule has 0 radical (unpaired) electrons. The van der Waals surface area contributed by atoms with Gasteiger partial charge in [0.2, 0.25) is 0 Å². The average Bonchev–Trinajstić information content (AvgIpc) is 3.16. The van der Waals surface area contributed by atoms with Crippen LogP contribution in [0.3, 0.4) is 0 Å². The monoisotopic (exact) mass is 393 g/mol. The average molecular weight is 393 g/mol. The number of benzene rings is 1. The molecule has 0 bridgehead atoms. The van der Waals surface area contributed by atoms with Gasteiger partial charge in [0.05, 0.1) is 21.9 Å². The van der Waals surface area contributed by atoms with Crippen molar-refractivity contribution in [2.45, 2.75) is 23.3 Å². The highest BCUT2D eigenvalue weighted by Gasteiger charge is 2.14. The number of aryl methyl sites for hydroxylation is 1. The first-order chi connectivity index (χ1) is 13.5. The number of furan rings is 1. The Hall–Kier alpha value is -3.32. The Balaban J connectivity index is 1.64. The first-order valence-electron chi connectivity index (χ1n) is 8.50. The highest BCUT2D eigenvalue weighted by Crippen LogP contribution is 2.17. The van der Waals surface area contributed by atoms with E-state index >= 15 is 0 Å². The molecule has 0 saturated heterocycles. The first-order valence-corrected chi connectivity index (χ1v) is 9.65. The number of amides is 1. The molecular weight excluding hydrogens is 374 g/mol. The highest BCUT2D eigenvalue weighted by atomic mass is 32.2. The lowest BCUT2D eigenvalue weighted by Gasteiger charge is -2.06. The van der Waals surface area contributed by atoms with Gasteiger partial charge >= 0.3 is 0 Å². The number of nitrogens with zero attached hydrogens (tertiary/aromatic N) is 1. The SMILES string of the molecule is C=Cc1cc(C(=O)NCc2ccc(S(=O)c3ccc(C)nc3)cc2)oc1C=N. The summed E-state index contributed by atoms with van der Waals surface area (Å²) in [6, 6.07) is 12.3. The van der Waals surface area contributed by atoms with E-state index in [-0.39, 0.29) is 17.4 Å². The molecule has 0 aliphatic heterocycles. The zero-order chi connectivity index (χ0) is 20.1.